The molecule has 2 aromatic carbocycles. The molecule has 0 radical (unpaired) electrons. The van der Waals surface area contributed by atoms with Gasteiger partial charge in [-0.05, 0) is 23.3 Å². The average Bonchev–Trinajstić information content (AvgIpc) is 2.45. The number of oxime groups is 1. The van der Waals surface area contributed by atoms with Crippen molar-refractivity contribution >= 4 is 17.0 Å². The summed E-state index contributed by atoms with van der Waals surface area (Å²) in [6.45, 7) is 2.86. The van der Waals surface area contributed by atoms with Crippen LogP contribution in [0.3, 0.4) is 0 Å². The number of fused-ring (bicyclic) bond motifs is 1. The Kier molecular flexibility index (Phi) is 4.78. The molecule has 0 aliphatic carbocycles. The van der Waals surface area contributed by atoms with Crippen LogP contribution >= 0.6 is 0 Å². The van der Waals surface area contributed by atoms with Gasteiger partial charge in [-0.3, -0.25) is 0 Å². The van der Waals surface area contributed by atoms with E-state index >= 15 is 0 Å². The highest BCUT2D eigenvalue weighted by Gasteiger charge is 2.06. The van der Waals surface area contributed by atoms with Crippen LogP contribution in [0.1, 0.15) is 31.7 Å². The van der Waals surface area contributed by atoms with E-state index < -0.39 is 0 Å². The van der Waals surface area contributed by atoms with Crippen LogP contribution in [0.5, 0.6) is 5.75 Å². The van der Waals surface area contributed by atoms with E-state index in [4.69, 9.17) is 9.94 Å². The minimum atomic E-state index is 0.693. The molecular formula is C16H19NO2. The SMILES string of the molecule is CCCCCOc1ccc2ccccc2c1/C=N/O. The van der Waals surface area contributed by atoms with Gasteiger partial charge in [0, 0.05) is 5.56 Å². The molecule has 2 rings (SSSR count). The fourth-order valence-corrected chi connectivity index (χ4v) is 2.13. The van der Waals surface area contributed by atoms with Crippen LogP contribution in [0.4, 0.5) is 0 Å². The van der Waals surface area contributed by atoms with Gasteiger partial charge in [0.05, 0.1) is 12.8 Å². The second kappa shape index (κ2) is 6.78. The lowest BCUT2D eigenvalue weighted by molar-refractivity contribution is 0.305. The maximum absolute atomic E-state index is 8.83. The Morgan fingerprint density at radius 1 is 1.16 bits per heavy atom. The minimum Gasteiger partial charge on any atom is -0.493 e. The molecule has 1 N–H and O–H groups in total. The van der Waals surface area contributed by atoms with Crippen LogP contribution in [-0.2, 0) is 0 Å². The highest BCUT2D eigenvalue weighted by atomic mass is 16.5. The molecule has 19 heavy (non-hydrogen) atoms. The van der Waals surface area contributed by atoms with Crippen molar-refractivity contribution in [2.45, 2.75) is 26.2 Å². The van der Waals surface area contributed by atoms with Crippen molar-refractivity contribution in [2.24, 2.45) is 5.16 Å². The summed E-state index contributed by atoms with van der Waals surface area (Å²) in [6.07, 6.45) is 4.82. The molecule has 3 nitrogen and oxygen atoms in total. The summed E-state index contributed by atoms with van der Waals surface area (Å²) in [5.41, 5.74) is 0.831. The number of nitrogens with zero attached hydrogens (tertiary/aromatic N) is 1. The summed E-state index contributed by atoms with van der Waals surface area (Å²) < 4.78 is 5.80. The third-order valence-electron chi connectivity index (χ3n) is 3.12. The summed E-state index contributed by atoms with van der Waals surface area (Å²) in [7, 11) is 0. The van der Waals surface area contributed by atoms with Crippen molar-refractivity contribution in [3.05, 3.63) is 42.0 Å². The van der Waals surface area contributed by atoms with Crippen LogP contribution < -0.4 is 4.74 Å². The van der Waals surface area contributed by atoms with E-state index in [-0.39, 0.29) is 0 Å². The van der Waals surface area contributed by atoms with Crippen LogP contribution in [0.2, 0.25) is 0 Å². The monoisotopic (exact) mass is 257 g/mol. The first-order chi connectivity index (χ1) is 9.36. The van der Waals surface area contributed by atoms with Crippen LogP contribution in [0.15, 0.2) is 41.6 Å². The van der Waals surface area contributed by atoms with Gasteiger partial charge in [0.1, 0.15) is 5.75 Å². The third-order valence-corrected chi connectivity index (χ3v) is 3.12. The molecule has 0 bridgehead atoms. The zero-order chi connectivity index (χ0) is 13.5. The van der Waals surface area contributed by atoms with E-state index in [2.05, 4.69) is 12.1 Å². The quantitative estimate of drug-likeness (QED) is 0.364. The second-order valence-corrected chi connectivity index (χ2v) is 4.50. The minimum absolute atomic E-state index is 0.693. The molecule has 0 atom stereocenters. The number of hydrogen-bond donors (Lipinski definition) is 1. The summed E-state index contributed by atoms with van der Waals surface area (Å²) >= 11 is 0. The lowest BCUT2D eigenvalue weighted by Crippen LogP contribution is -2.00. The predicted octanol–water partition coefficient (Wildman–Crippen LogP) is 4.22. The van der Waals surface area contributed by atoms with E-state index in [1.807, 2.05) is 36.4 Å². The van der Waals surface area contributed by atoms with Crippen molar-refractivity contribution in [3.63, 3.8) is 0 Å². The molecule has 0 spiro atoms. The lowest BCUT2D eigenvalue weighted by Gasteiger charge is -2.11. The predicted molar refractivity (Wildman–Crippen MR) is 78.3 cm³/mol. The number of unbranched alkanes of at least 4 members (excludes halogenated alkanes) is 2. The van der Waals surface area contributed by atoms with Gasteiger partial charge < -0.3 is 9.94 Å². The summed E-state index contributed by atoms with van der Waals surface area (Å²) in [5.74, 6) is 0.771. The molecule has 0 aromatic heterocycles. The van der Waals surface area contributed by atoms with Crippen LogP contribution in [0.25, 0.3) is 10.8 Å². The van der Waals surface area contributed by atoms with E-state index in [9.17, 15) is 0 Å². The molecule has 0 unspecified atom stereocenters. The smallest absolute Gasteiger partial charge is 0.128 e. The lowest BCUT2D eigenvalue weighted by atomic mass is 10.0. The van der Waals surface area contributed by atoms with Gasteiger partial charge in [-0.2, -0.15) is 0 Å². The normalized spacial score (nSPS) is 11.2. The van der Waals surface area contributed by atoms with Gasteiger partial charge in [-0.25, -0.2) is 0 Å². The Balaban J connectivity index is 2.29. The molecule has 0 aliphatic rings. The molecule has 0 heterocycles. The Hall–Kier alpha value is -2.03. The summed E-state index contributed by atoms with van der Waals surface area (Å²) in [5, 5.41) is 14.1. The van der Waals surface area contributed by atoms with Gasteiger partial charge in [0.25, 0.3) is 0 Å². The van der Waals surface area contributed by atoms with Crippen LogP contribution in [-0.4, -0.2) is 18.0 Å². The Morgan fingerprint density at radius 3 is 2.79 bits per heavy atom. The topological polar surface area (TPSA) is 41.8 Å². The van der Waals surface area contributed by atoms with Gasteiger partial charge in [-0.1, -0.05) is 55.3 Å². The first-order valence-electron chi connectivity index (χ1n) is 6.68. The Morgan fingerprint density at radius 2 is 2.00 bits per heavy atom. The molecular weight excluding hydrogens is 238 g/mol. The molecule has 0 saturated carbocycles. The van der Waals surface area contributed by atoms with Crippen molar-refractivity contribution in [1.29, 1.82) is 0 Å². The van der Waals surface area contributed by atoms with Gasteiger partial charge in [0.15, 0.2) is 0 Å². The molecule has 0 amide bonds. The zero-order valence-electron chi connectivity index (χ0n) is 11.2. The molecule has 2 aromatic rings. The van der Waals surface area contributed by atoms with Crippen molar-refractivity contribution in [1.82, 2.24) is 0 Å². The van der Waals surface area contributed by atoms with Gasteiger partial charge in [-0.15, -0.1) is 0 Å². The first-order valence-corrected chi connectivity index (χ1v) is 6.68. The van der Waals surface area contributed by atoms with Crippen molar-refractivity contribution in [3.8, 4) is 5.75 Å². The van der Waals surface area contributed by atoms with E-state index in [1.165, 1.54) is 12.6 Å². The highest BCUT2D eigenvalue weighted by Crippen LogP contribution is 2.26. The molecule has 3 heteroatoms. The van der Waals surface area contributed by atoms with Crippen molar-refractivity contribution < 1.29 is 9.94 Å². The number of hydrogen-bond acceptors (Lipinski definition) is 3. The summed E-state index contributed by atoms with van der Waals surface area (Å²) in [4.78, 5) is 0. The largest absolute Gasteiger partial charge is 0.493 e. The molecule has 100 valence electrons. The van der Waals surface area contributed by atoms with E-state index in [1.54, 1.807) is 0 Å². The van der Waals surface area contributed by atoms with Crippen molar-refractivity contribution in [2.75, 3.05) is 6.61 Å². The fraction of sp³-hybridized carbons (Fsp3) is 0.312. The van der Waals surface area contributed by atoms with Gasteiger partial charge >= 0.3 is 0 Å². The maximum atomic E-state index is 8.83. The van der Waals surface area contributed by atoms with Gasteiger partial charge in [0.2, 0.25) is 0 Å². The molecule has 0 saturated heterocycles. The molecule has 0 fully saturated rings. The third kappa shape index (κ3) is 3.25. The van der Waals surface area contributed by atoms with Crippen LogP contribution in [0, 0.1) is 0 Å². The number of benzene rings is 2. The number of rotatable bonds is 6. The molecule has 0 aliphatic heterocycles. The highest BCUT2D eigenvalue weighted by molar-refractivity contribution is 6.02. The average molecular weight is 257 g/mol. The second-order valence-electron chi connectivity index (χ2n) is 4.50. The first kappa shape index (κ1) is 13.4. The fourth-order valence-electron chi connectivity index (χ4n) is 2.13. The standard InChI is InChI=1S/C16H19NO2/c1-2-3-6-11-19-16-10-9-13-7-4-5-8-14(13)15(16)12-17-18/h4-5,7-10,12,18H,2-3,6,11H2,1H3/b17-12+. The van der Waals surface area contributed by atoms with E-state index in [0.29, 0.717) is 6.61 Å². The van der Waals surface area contributed by atoms with E-state index in [0.717, 1.165) is 34.9 Å². The Labute approximate surface area is 113 Å². The number of ether oxygens (including phenoxy) is 1. The Bertz CT molecular complexity index is 564. The maximum Gasteiger partial charge on any atom is 0.128 e. The summed E-state index contributed by atoms with van der Waals surface area (Å²) in [6, 6.07) is 12.0. The zero-order valence-corrected chi connectivity index (χ0v) is 11.2.